The largest absolute Gasteiger partial charge is 0.461 e. The van der Waals surface area contributed by atoms with Gasteiger partial charge in [-0.2, -0.15) is 0 Å². The first-order valence-corrected chi connectivity index (χ1v) is 10.1. The number of hydrogen-bond acceptors (Lipinski definition) is 5. The summed E-state index contributed by atoms with van der Waals surface area (Å²) in [6, 6.07) is 17.0. The Bertz CT molecular complexity index is 1110. The summed E-state index contributed by atoms with van der Waals surface area (Å²) in [5, 5.41) is 0. The summed E-state index contributed by atoms with van der Waals surface area (Å²) in [5.41, 5.74) is 2.03. The maximum absolute atomic E-state index is 14.0. The monoisotopic (exact) mass is 438 g/mol. The molecule has 32 heavy (non-hydrogen) atoms. The second-order valence-electron chi connectivity index (χ2n) is 7.32. The standard InChI is InChI=1S/C25H20F2O5/c26-20-8-6-16(7-9-20)22(28)10-11-23(29)30-14-18-12-21(27)13-19-15-31-25(32-24(18)19)17-4-2-1-3-5-17/h1-9,12-13,25H,10-11,14-15H2/t25-/m0/s1. The number of Topliss-reactive ketones (excluding diaryl/α,β-unsaturated/α-hetero) is 1. The zero-order valence-electron chi connectivity index (χ0n) is 17.1. The van der Waals surface area contributed by atoms with Gasteiger partial charge in [0.2, 0.25) is 6.29 Å². The summed E-state index contributed by atoms with van der Waals surface area (Å²) in [6.07, 6.45) is -0.881. The van der Waals surface area contributed by atoms with Gasteiger partial charge in [-0.05, 0) is 36.4 Å². The van der Waals surface area contributed by atoms with Gasteiger partial charge in [-0.25, -0.2) is 8.78 Å². The van der Waals surface area contributed by atoms with Gasteiger partial charge in [0.15, 0.2) is 5.78 Å². The number of esters is 1. The molecule has 4 rings (SSSR count). The third-order valence-electron chi connectivity index (χ3n) is 5.01. The predicted octanol–water partition coefficient (Wildman–Crippen LogP) is 5.28. The molecule has 164 valence electrons. The topological polar surface area (TPSA) is 61.8 Å². The fraction of sp³-hybridized carbons (Fsp3) is 0.200. The van der Waals surface area contributed by atoms with Crippen molar-refractivity contribution in [2.45, 2.75) is 32.3 Å². The number of carbonyl (C=O) groups excluding carboxylic acids is 2. The Balaban J connectivity index is 1.38. The Hall–Kier alpha value is -3.58. The third-order valence-corrected chi connectivity index (χ3v) is 5.01. The molecule has 0 bridgehead atoms. The molecule has 3 aromatic rings. The molecule has 0 radical (unpaired) electrons. The van der Waals surface area contributed by atoms with Crippen molar-refractivity contribution in [3.63, 3.8) is 0 Å². The molecule has 0 N–H and O–H groups in total. The van der Waals surface area contributed by atoms with E-state index in [0.717, 1.165) is 5.56 Å². The third kappa shape index (κ3) is 5.18. The fourth-order valence-electron chi connectivity index (χ4n) is 3.38. The highest BCUT2D eigenvalue weighted by molar-refractivity contribution is 5.97. The average Bonchev–Trinajstić information content (AvgIpc) is 2.81. The van der Waals surface area contributed by atoms with E-state index in [1.807, 2.05) is 30.3 Å². The summed E-state index contributed by atoms with van der Waals surface area (Å²) < 4.78 is 43.9. The molecular formula is C25H20F2O5. The summed E-state index contributed by atoms with van der Waals surface area (Å²) >= 11 is 0. The van der Waals surface area contributed by atoms with Crippen LogP contribution < -0.4 is 4.74 Å². The molecule has 0 saturated heterocycles. The molecule has 1 atom stereocenters. The number of benzene rings is 3. The average molecular weight is 438 g/mol. The van der Waals surface area contributed by atoms with Crippen LogP contribution in [0.1, 0.15) is 46.2 Å². The molecule has 3 aromatic carbocycles. The Morgan fingerprint density at radius 2 is 1.69 bits per heavy atom. The van der Waals surface area contributed by atoms with Gasteiger partial charge in [0.05, 0.1) is 13.0 Å². The van der Waals surface area contributed by atoms with Crippen molar-refractivity contribution in [1.82, 2.24) is 0 Å². The maximum Gasteiger partial charge on any atom is 0.306 e. The minimum absolute atomic E-state index is 0.0772. The van der Waals surface area contributed by atoms with Crippen LogP contribution in [0.25, 0.3) is 0 Å². The van der Waals surface area contributed by atoms with Gasteiger partial charge < -0.3 is 14.2 Å². The minimum atomic E-state index is -0.656. The molecule has 0 aliphatic carbocycles. The van der Waals surface area contributed by atoms with E-state index in [4.69, 9.17) is 14.2 Å². The zero-order chi connectivity index (χ0) is 22.5. The molecule has 0 spiro atoms. The Labute approximate surface area is 183 Å². The van der Waals surface area contributed by atoms with Gasteiger partial charge in [0.1, 0.15) is 24.0 Å². The van der Waals surface area contributed by atoms with Crippen LogP contribution in [0, 0.1) is 11.6 Å². The normalized spacial score (nSPS) is 14.9. The molecular weight excluding hydrogens is 418 g/mol. The lowest BCUT2D eigenvalue weighted by Gasteiger charge is -2.28. The number of ketones is 1. The van der Waals surface area contributed by atoms with Crippen LogP contribution in [0.2, 0.25) is 0 Å². The van der Waals surface area contributed by atoms with E-state index >= 15 is 0 Å². The van der Waals surface area contributed by atoms with Gasteiger partial charge in [0, 0.05) is 28.7 Å². The second-order valence-corrected chi connectivity index (χ2v) is 7.32. The van der Waals surface area contributed by atoms with Crippen LogP contribution in [-0.4, -0.2) is 11.8 Å². The van der Waals surface area contributed by atoms with Crippen LogP contribution in [-0.2, 0) is 27.5 Å². The van der Waals surface area contributed by atoms with Crippen LogP contribution >= 0.6 is 0 Å². The van der Waals surface area contributed by atoms with E-state index in [9.17, 15) is 18.4 Å². The van der Waals surface area contributed by atoms with E-state index in [0.29, 0.717) is 22.4 Å². The SMILES string of the molecule is O=C(CCC(=O)c1ccc(F)cc1)OCc1cc(F)cc2c1O[C@@H](c1ccccc1)OC2. The van der Waals surface area contributed by atoms with Gasteiger partial charge in [-0.1, -0.05) is 30.3 Å². The summed E-state index contributed by atoms with van der Waals surface area (Å²) in [7, 11) is 0. The van der Waals surface area contributed by atoms with E-state index < -0.39 is 23.9 Å². The van der Waals surface area contributed by atoms with Crippen LogP contribution in [0.5, 0.6) is 5.75 Å². The zero-order valence-corrected chi connectivity index (χ0v) is 17.1. The molecule has 1 aliphatic rings. The van der Waals surface area contributed by atoms with Gasteiger partial charge in [-0.15, -0.1) is 0 Å². The first kappa shape index (κ1) is 21.6. The number of fused-ring (bicyclic) bond motifs is 1. The molecule has 1 aliphatic heterocycles. The number of halogens is 2. The lowest BCUT2D eigenvalue weighted by Crippen LogP contribution is -2.20. The highest BCUT2D eigenvalue weighted by Crippen LogP contribution is 2.36. The van der Waals surface area contributed by atoms with Gasteiger partial charge in [-0.3, -0.25) is 9.59 Å². The van der Waals surface area contributed by atoms with Gasteiger partial charge in [0.25, 0.3) is 0 Å². The van der Waals surface area contributed by atoms with E-state index in [2.05, 4.69) is 0 Å². The van der Waals surface area contributed by atoms with Crippen LogP contribution in [0.4, 0.5) is 8.78 Å². The molecule has 5 nitrogen and oxygen atoms in total. The number of rotatable bonds is 7. The van der Waals surface area contributed by atoms with E-state index in [1.54, 1.807) is 0 Å². The molecule has 0 amide bonds. The highest BCUT2D eigenvalue weighted by atomic mass is 19.1. The quantitative estimate of drug-likeness (QED) is 0.371. The van der Waals surface area contributed by atoms with Crippen molar-refractivity contribution in [3.05, 3.63) is 101 Å². The van der Waals surface area contributed by atoms with Crippen molar-refractivity contribution in [2.75, 3.05) is 0 Å². The maximum atomic E-state index is 14.0. The Morgan fingerprint density at radius 3 is 2.44 bits per heavy atom. The molecule has 1 heterocycles. The molecule has 7 heteroatoms. The van der Waals surface area contributed by atoms with Crippen molar-refractivity contribution >= 4 is 11.8 Å². The van der Waals surface area contributed by atoms with Crippen molar-refractivity contribution < 1.29 is 32.6 Å². The molecule has 0 unspecified atom stereocenters. The van der Waals surface area contributed by atoms with Crippen molar-refractivity contribution in [1.29, 1.82) is 0 Å². The smallest absolute Gasteiger partial charge is 0.306 e. The summed E-state index contributed by atoms with van der Waals surface area (Å²) in [6.45, 7) is -0.0506. The Kier molecular flexibility index (Phi) is 6.56. The van der Waals surface area contributed by atoms with Gasteiger partial charge >= 0.3 is 5.97 Å². The van der Waals surface area contributed by atoms with Crippen molar-refractivity contribution in [3.8, 4) is 5.75 Å². The minimum Gasteiger partial charge on any atom is -0.461 e. The second kappa shape index (κ2) is 9.70. The number of carbonyl (C=O) groups is 2. The Morgan fingerprint density at radius 1 is 0.938 bits per heavy atom. The summed E-state index contributed by atoms with van der Waals surface area (Å²) in [5.74, 6) is -1.42. The molecule has 0 aromatic heterocycles. The first-order chi connectivity index (χ1) is 15.5. The first-order valence-electron chi connectivity index (χ1n) is 10.1. The lowest BCUT2D eigenvalue weighted by atomic mass is 10.1. The predicted molar refractivity (Wildman–Crippen MR) is 111 cm³/mol. The lowest BCUT2D eigenvalue weighted by molar-refractivity contribution is -0.145. The fourth-order valence-corrected chi connectivity index (χ4v) is 3.38. The number of hydrogen-bond donors (Lipinski definition) is 0. The van der Waals surface area contributed by atoms with E-state index in [-0.39, 0.29) is 31.8 Å². The van der Waals surface area contributed by atoms with Crippen LogP contribution in [0.3, 0.4) is 0 Å². The molecule has 0 saturated carbocycles. The van der Waals surface area contributed by atoms with Crippen molar-refractivity contribution in [2.24, 2.45) is 0 Å². The van der Waals surface area contributed by atoms with Crippen LogP contribution in [0.15, 0.2) is 66.7 Å². The molecule has 0 fully saturated rings. The highest BCUT2D eigenvalue weighted by Gasteiger charge is 2.25. The summed E-state index contributed by atoms with van der Waals surface area (Å²) in [4.78, 5) is 24.3. The van der Waals surface area contributed by atoms with E-state index in [1.165, 1.54) is 36.4 Å². The number of ether oxygens (including phenoxy) is 3.